The highest BCUT2D eigenvalue weighted by molar-refractivity contribution is 8.02. The van der Waals surface area contributed by atoms with Gasteiger partial charge in [-0.05, 0) is 37.3 Å². The molecule has 22 heavy (non-hydrogen) atoms. The Morgan fingerprint density at radius 2 is 2.41 bits per heavy atom. The van der Waals surface area contributed by atoms with Crippen molar-refractivity contribution in [3.05, 3.63) is 21.9 Å². The molecule has 1 atom stereocenters. The van der Waals surface area contributed by atoms with Crippen molar-refractivity contribution in [2.45, 2.75) is 36.4 Å². The zero-order valence-corrected chi connectivity index (χ0v) is 15.0. The van der Waals surface area contributed by atoms with E-state index in [1.165, 1.54) is 33.5 Å². The summed E-state index contributed by atoms with van der Waals surface area (Å²) in [6, 6.07) is 2.13. The predicted molar refractivity (Wildman–Crippen MR) is 92.8 cm³/mol. The van der Waals surface area contributed by atoms with Crippen molar-refractivity contribution >= 4 is 45.5 Å². The van der Waals surface area contributed by atoms with Gasteiger partial charge in [-0.25, -0.2) is 0 Å². The third kappa shape index (κ3) is 3.44. The van der Waals surface area contributed by atoms with Gasteiger partial charge in [0.25, 0.3) is 0 Å². The fraction of sp³-hybridized carbons (Fsp3) is 0.500. The Bertz CT molecular complexity index is 654. The van der Waals surface area contributed by atoms with Gasteiger partial charge in [0.15, 0.2) is 4.34 Å². The molecule has 0 bridgehead atoms. The van der Waals surface area contributed by atoms with Crippen molar-refractivity contribution in [1.82, 2.24) is 15.1 Å². The molecule has 3 rings (SSSR count). The number of anilines is 1. The summed E-state index contributed by atoms with van der Waals surface area (Å²) in [5, 5.41) is 14.1. The molecule has 1 unspecified atom stereocenters. The number of nitrogens with zero attached hydrogens (tertiary/aromatic N) is 3. The van der Waals surface area contributed by atoms with E-state index >= 15 is 0 Å². The number of carbonyl (C=O) groups excluding carboxylic acids is 1. The molecule has 1 aliphatic heterocycles. The van der Waals surface area contributed by atoms with Crippen molar-refractivity contribution in [2.75, 3.05) is 18.4 Å². The number of nitrogens with one attached hydrogen (secondary N) is 1. The predicted octanol–water partition coefficient (Wildman–Crippen LogP) is 3.10. The highest BCUT2D eigenvalue weighted by atomic mass is 32.2. The Hall–Kier alpha value is -1.12. The summed E-state index contributed by atoms with van der Waals surface area (Å²) in [6.07, 6.45) is 0.972. The maximum absolute atomic E-state index is 12.6. The second kappa shape index (κ2) is 6.97. The molecule has 0 fully saturated rings. The van der Waals surface area contributed by atoms with Crippen LogP contribution >= 0.6 is 34.4 Å². The van der Waals surface area contributed by atoms with Gasteiger partial charge in [-0.1, -0.05) is 23.1 Å². The minimum Gasteiger partial charge on any atom is -0.360 e. The zero-order valence-electron chi connectivity index (χ0n) is 12.5. The third-order valence-electron chi connectivity index (χ3n) is 3.48. The Morgan fingerprint density at radius 1 is 1.55 bits per heavy atom. The number of hydrogen-bond acceptors (Lipinski definition) is 7. The number of aromatic nitrogens is 2. The standard InChI is InChI=1S/C14H18N4OS3/c1-3-15-13-16-17-14(22-13)21-9(2)12(19)18-6-4-11-10(8-18)5-7-20-11/h5,7,9H,3-4,6,8H2,1-2H3,(H,15,16). The maximum Gasteiger partial charge on any atom is 0.236 e. The molecule has 118 valence electrons. The van der Waals surface area contributed by atoms with Crippen LogP contribution in [-0.4, -0.2) is 39.3 Å². The van der Waals surface area contributed by atoms with Crippen molar-refractivity contribution in [2.24, 2.45) is 0 Å². The van der Waals surface area contributed by atoms with E-state index < -0.39 is 0 Å². The Morgan fingerprint density at radius 3 is 3.23 bits per heavy atom. The average Bonchev–Trinajstić information content (AvgIpc) is 3.15. The van der Waals surface area contributed by atoms with Crippen LogP contribution in [0.1, 0.15) is 24.3 Å². The third-order valence-corrected chi connectivity index (χ3v) is 6.55. The highest BCUT2D eigenvalue weighted by Crippen LogP contribution is 2.31. The van der Waals surface area contributed by atoms with Gasteiger partial charge >= 0.3 is 0 Å². The lowest BCUT2D eigenvalue weighted by molar-refractivity contribution is -0.131. The molecular weight excluding hydrogens is 336 g/mol. The second-order valence-electron chi connectivity index (χ2n) is 5.04. The van der Waals surface area contributed by atoms with Gasteiger partial charge in [0.1, 0.15) is 0 Å². The van der Waals surface area contributed by atoms with Gasteiger partial charge in [-0.2, -0.15) is 0 Å². The summed E-state index contributed by atoms with van der Waals surface area (Å²) in [7, 11) is 0. The summed E-state index contributed by atoms with van der Waals surface area (Å²) >= 11 is 4.78. The van der Waals surface area contributed by atoms with Crippen molar-refractivity contribution < 1.29 is 4.79 Å². The van der Waals surface area contributed by atoms with Crippen LogP contribution in [0, 0.1) is 0 Å². The first-order valence-corrected chi connectivity index (χ1v) is 9.83. The van der Waals surface area contributed by atoms with Crippen LogP contribution in [-0.2, 0) is 17.8 Å². The molecule has 3 heterocycles. The number of rotatable bonds is 5. The maximum atomic E-state index is 12.6. The second-order valence-corrected chi connectivity index (χ2v) is 8.61. The molecule has 0 radical (unpaired) electrons. The summed E-state index contributed by atoms with van der Waals surface area (Å²) in [5.41, 5.74) is 1.30. The summed E-state index contributed by atoms with van der Waals surface area (Å²) < 4.78 is 0.838. The summed E-state index contributed by atoms with van der Waals surface area (Å²) in [6.45, 7) is 6.35. The molecule has 0 aromatic carbocycles. The van der Waals surface area contributed by atoms with Crippen LogP contribution in [0.4, 0.5) is 5.13 Å². The number of fused-ring (bicyclic) bond motifs is 1. The van der Waals surface area contributed by atoms with Gasteiger partial charge in [-0.3, -0.25) is 4.79 Å². The summed E-state index contributed by atoms with van der Waals surface area (Å²) in [5.74, 6) is 0.182. The molecule has 0 saturated carbocycles. The molecule has 1 amide bonds. The van der Waals surface area contributed by atoms with Gasteiger partial charge in [0.2, 0.25) is 11.0 Å². The molecule has 0 saturated heterocycles. The lowest BCUT2D eigenvalue weighted by Crippen LogP contribution is -2.39. The van der Waals surface area contributed by atoms with Crippen LogP contribution in [0.3, 0.4) is 0 Å². The first-order valence-electron chi connectivity index (χ1n) is 7.25. The van der Waals surface area contributed by atoms with Gasteiger partial charge < -0.3 is 10.2 Å². The van der Waals surface area contributed by atoms with Crippen molar-refractivity contribution in [3.63, 3.8) is 0 Å². The lowest BCUT2D eigenvalue weighted by Gasteiger charge is -2.28. The average molecular weight is 355 g/mol. The van der Waals surface area contributed by atoms with Gasteiger partial charge in [0.05, 0.1) is 5.25 Å². The van der Waals surface area contributed by atoms with E-state index in [1.807, 2.05) is 18.7 Å². The number of amides is 1. The van der Waals surface area contributed by atoms with Gasteiger partial charge in [0, 0.05) is 24.5 Å². The first kappa shape index (κ1) is 15.8. The number of thioether (sulfide) groups is 1. The molecular formula is C14H18N4OS3. The quantitative estimate of drug-likeness (QED) is 0.836. The van der Waals surface area contributed by atoms with Crippen LogP contribution in [0.5, 0.6) is 0 Å². The number of thiophene rings is 1. The topological polar surface area (TPSA) is 58.1 Å². The smallest absolute Gasteiger partial charge is 0.236 e. The molecule has 0 spiro atoms. The van der Waals surface area contributed by atoms with E-state index in [4.69, 9.17) is 0 Å². The monoisotopic (exact) mass is 354 g/mol. The fourth-order valence-electron chi connectivity index (χ4n) is 2.38. The van der Waals surface area contributed by atoms with E-state index in [1.54, 1.807) is 11.3 Å². The highest BCUT2D eigenvalue weighted by Gasteiger charge is 2.26. The minimum absolute atomic E-state index is 0.136. The number of carbonyl (C=O) groups is 1. The van der Waals surface area contributed by atoms with Crippen LogP contribution in [0.2, 0.25) is 0 Å². The Kier molecular flexibility index (Phi) is 5.00. The Labute approximate surface area is 142 Å². The van der Waals surface area contributed by atoms with E-state index in [9.17, 15) is 4.79 Å². The minimum atomic E-state index is -0.136. The molecule has 5 nitrogen and oxygen atoms in total. The molecule has 0 aliphatic carbocycles. The van der Waals surface area contributed by atoms with Gasteiger partial charge in [-0.15, -0.1) is 21.5 Å². The Balaban J connectivity index is 1.60. The SMILES string of the molecule is CCNc1nnc(SC(C)C(=O)N2CCc3sccc3C2)s1. The molecule has 2 aromatic rings. The van der Waals surface area contributed by atoms with Crippen LogP contribution in [0.15, 0.2) is 15.8 Å². The normalized spacial score (nSPS) is 15.5. The van der Waals surface area contributed by atoms with E-state index in [2.05, 4.69) is 27.0 Å². The van der Waals surface area contributed by atoms with E-state index in [0.717, 1.165) is 35.5 Å². The molecule has 1 aliphatic rings. The fourth-order valence-corrected chi connectivity index (χ4v) is 5.31. The van der Waals surface area contributed by atoms with E-state index in [-0.39, 0.29) is 11.2 Å². The van der Waals surface area contributed by atoms with Crippen molar-refractivity contribution in [3.8, 4) is 0 Å². The van der Waals surface area contributed by atoms with Crippen LogP contribution < -0.4 is 5.32 Å². The van der Waals surface area contributed by atoms with Crippen molar-refractivity contribution in [1.29, 1.82) is 0 Å². The largest absolute Gasteiger partial charge is 0.360 e. The molecule has 1 N–H and O–H groups in total. The first-order chi connectivity index (χ1) is 10.7. The molecule has 8 heteroatoms. The van der Waals surface area contributed by atoms with E-state index in [0.29, 0.717) is 0 Å². The zero-order chi connectivity index (χ0) is 15.5. The van der Waals surface area contributed by atoms with Crippen LogP contribution in [0.25, 0.3) is 0 Å². The summed E-state index contributed by atoms with van der Waals surface area (Å²) in [4.78, 5) is 16.0. The lowest BCUT2D eigenvalue weighted by atomic mass is 10.1. The number of hydrogen-bond donors (Lipinski definition) is 1. The molecule has 2 aromatic heterocycles.